The van der Waals surface area contributed by atoms with Crippen molar-refractivity contribution in [1.82, 2.24) is 9.88 Å². The van der Waals surface area contributed by atoms with E-state index in [0.29, 0.717) is 40.6 Å². The molecule has 1 N–H and O–H groups in total. The van der Waals surface area contributed by atoms with Crippen LogP contribution in [0.2, 0.25) is 0 Å². The van der Waals surface area contributed by atoms with Gasteiger partial charge in [0, 0.05) is 25.2 Å². The molecule has 8 nitrogen and oxygen atoms in total. The first kappa shape index (κ1) is 27.9. The van der Waals surface area contributed by atoms with Crippen LogP contribution in [-0.2, 0) is 19.3 Å². The van der Waals surface area contributed by atoms with Crippen LogP contribution in [0.1, 0.15) is 34.0 Å². The highest BCUT2D eigenvalue weighted by molar-refractivity contribution is 5.95. The maximum Gasteiger partial charge on any atom is 0.202 e. The zero-order chi connectivity index (χ0) is 30.4. The summed E-state index contributed by atoms with van der Waals surface area (Å²) in [5, 5.41) is 13.0. The average molecular weight is 591 g/mol. The molecule has 8 rings (SSSR count). The SMILES string of the molecule is COc1ccc2cc1Oc1ccc(cc1)CC1c3cc(c(OC)cc3CCN1C)Oc1c(O)c(OC)cc3ccnc(c13)C2. The van der Waals surface area contributed by atoms with E-state index in [4.69, 9.17) is 28.7 Å². The molecule has 0 saturated heterocycles. The molecular formula is C36H34N2O6. The monoisotopic (exact) mass is 590 g/mol. The number of nitrogens with zero attached hydrogens (tertiary/aromatic N) is 2. The summed E-state index contributed by atoms with van der Waals surface area (Å²) in [5.74, 6) is 3.56. The second-order valence-electron chi connectivity index (χ2n) is 11.3. The van der Waals surface area contributed by atoms with Gasteiger partial charge in [-0.3, -0.25) is 9.88 Å². The number of hydrogen-bond donors (Lipinski definition) is 1. The third-order valence-corrected chi connectivity index (χ3v) is 8.69. The van der Waals surface area contributed by atoms with E-state index >= 15 is 0 Å². The molecule has 1 aromatic heterocycles. The fourth-order valence-corrected chi connectivity index (χ4v) is 6.33. The number of rotatable bonds is 3. The zero-order valence-corrected chi connectivity index (χ0v) is 25.2. The molecule has 1 unspecified atom stereocenters. The lowest BCUT2D eigenvalue weighted by Gasteiger charge is -2.35. The van der Waals surface area contributed by atoms with Gasteiger partial charge in [0.05, 0.1) is 32.4 Å². The molecule has 4 aromatic carbocycles. The Labute approximate surface area is 256 Å². The molecule has 0 radical (unpaired) electrons. The zero-order valence-electron chi connectivity index (χ0n) is 25.2. The van der Waals surface area contributed by atoms with Gasteiger partial charge in [0.1, 0.15) is 5.75 Å². The minimum Gasteiger partial charge on any atom is -0.502 e. The van der Waals surface area contributed by atoms with Gasteiger partial charge in [-0.25, -0.2) is 0 Å². The fourth-order valence-electron chi connectivity index (χ4n) is 6.33. The van der Waals surface area contributed by atoms with Crippen LogP contribution in [0.4, 0.5) is 0 Å². The number of aromatic hydroxyl groups is 1. The van der Waals surface area contributed by atoms with E-state index < -0.39 is 0 Å². The quantitative estimate of drug-likeness (QED) is 0.236. The van der Waals surface area contributed by atoms with Crippen molar-refractivity contribution >= 4 is 10.8 Å². The topological polar surface area (TPSA) is 82.5 Å². The van der Waals surface area contributed by atoms with Crippen molar-refractivity contribution < 1.29 is 28.8 Å². The van der Waals surface area contributed by atoms with Crippen LogP contribution in [0.25, 0.3) is 10.8 Å². The van der Waals surface area contributed by atoms with Crippen LogP contribution >= 0.6 is 0 Å². The smallest absolute Gasteiger partial charge is 0.202 e. The van der Waals surface area contributed by atoms with E-state index in [1.807, 2.05) is 36.4 Å². The minimum absolute atomic E-state index is 0.101. The van der Waals surface area contributed by atoms with Gasteiger partial charge in [-0.05, 0) is 96.1 Å². The number of phenols is 1. The highest BCUT2D eigenvalue weighted by Gasteiger charge is 2.29. The lowest BCUT2D eigenvalue weighted by Crippen LogP contribution is -2.33. The molecule has 0 aliphatic carbocycles. The Bertz CT molecular complexity index is 1870. The van der Waals surface area contributed by atoms with E-state index in [2.05, 4.69) is 36.2 Å². The van der Waals surface area contributed by atoms with Gasteiger partial charge in [-0.2, -0.15) is 0 Å². The Kier molecular flexibility index (Phi) is 7.14. The lowest BCUT2D eigenvalue weighted by atomic mass is 9.88. The minimum atomic E-state index is -0.101. The molecule has 6 bridgehead atoms. The van der Waals surface area contributed by atoms with Crippen molar-refractivity contribution in [2.45, 2.75) is 25.3 Å². The van der Waals surface area contributed by atoms with E-state index in [1.165, 1.54) is 23.8 Å². The third-order valence-electron chi connectivity index (χ3n) is 8.69. The number of hydrogen-bond acceptors (Lipinski definition) is 8. The van der Waals surface area contributed by atoms with Gasteiger partial charge in [0.15, 0.2) is 34.5 Å². The highest BCUT2D eigenvalue weighted by atomic mass is 16.5. The lowest BCUT2D eigenvalue weighted by molar-refractivity contribution is 0.228. The first-order valence-electron chi connectivity index (χ1n) is 14.7. The summed E-state index contributed by atoms with van der Waals surface area (Å²) in [7, 11) is 6.95. The Morgan fingerprint density at radius 1 is 0.818 bits per heavy atom. The third kappa shape index (κ3) is 4.91. The maximum absolute atomic E-state index is 11.5. The van der Waals surface area contributed by atoms with Crippen LogP contribution in [0.15, 0.2) is 72.9 Å². The van der Waals surface area contributed by atoms with E-state index in [1.54, 1.807) is 26.5 Å². The molecule has 0 amide bonds. The van der Waals surface area contributed by atoms with Gasteiger partial charge in [-0.15, -0.1) is 0 Å². The molecule has 4 heterocycles. The first-order chi connectivity index (χ1) is 21.4. The number of benzene rings is 4. The Balaban J connectivity index is 1.48. The first-order valence-corrected chi connectivity index (χ1v) is 14.7. The number of methoxy groups -OCH3 is 3. The largest absolute Gasteiger partial charge is 0.502 e. The molecule has 44 heavy (non-hydrogen) atoms. The molecule has 8 heteroatoms. The molecule has 1 atom stereocenters. The maximum atomic E-state index is 11.5. The fraction of sp³-hybridized carbons (Fsp3) is 0.250. The normalized spacial score (nSPS) is 16.0. The number of likely N-dealkylation sites (N-methyl/N-ethyl adjacent to an activating group) is 1. The molecule has 0 spiro atoms. The number of ether oxygens (including phenoxy) is 5. The summed E-state index contributed by atoms with van der Waals surface area (Å²) in [6, 6.07) is 22.0. The number of phenolic OH excluding ortho intramolecular Hbond substituents is 1. The van der Waals surface area contributed by atoms with Gasteiger partial charge in [-0.1, -0.05) is 18.2 Å². The molecule has 5 aromatic rings. The summed E-state index contributed by atoms with van der Waals surface area (Å²) in [6.07, 6.45) is 3.90. The Hall–Kier alpha value is -4.95. The van der Waals surface area contributed by atoms with Gasteiger partial charge in [0.2, 0.25) is 5.75 Å². The van der Waals surface area contributed by atoms with Crippen LogP contribution in [0.5, 0.6) is 46.0 Å². The molecule has 224 valence electrons. The number of fused-ring (bicyclic) bond motifs is 2. The molecule has 0 saturated carbocycles. The van der Waals surface area contributed by atoms with E-state index in [9.17, 15) is 5.11 Å². The van der Waals surface area contributed by atoms with Crippen molar-refractivity contribution in [1.29, 1.82) is 0 Å². The van der Waals surface area contributed by atoms with Gasteiger partial charge in [0.25, 0.3) is 0 Å². The van der Waals surface area contributed by atoms with Crippen molar-refractivity contribution in [3.8, 4) is 46.0 Å². The molecule has 3 aliphatic heterocycles. The van der Waals surface area contributed by atoms with E-state index in [0.717, 1.165) is 41.8 Å². The summed E-state index contributed by atoms with van der Waals surface area (Å²) >= 11 is 0. The van der Waals surface area contributed by atoms with E-state index in [-0.39, 0.29) is 17.5 Å². The van der Waals surface area contributed by atoms with Crippen molar-refractivity contribution in [3.05, 3.63) is 101 Å². The Morgan fingerprint density at radius 3 is 2.34 bits per heavy atom. The summed E-state index contributed by atoms with van der Waals surface area (Å²) in [5.41, 5.74) is 5.26. The predicted molar refractivity (Wildman–Crippen MR) is 168 cm³/mol. The molecule has 3 aliphatic rings. The second kappa shape index (κ2) is 11.3. The predicted octanol–water partition coefficient (Wildman–Crippen LogP) is 7.23. The van der Waals surface area contributed by atoms with Crippen LogP contribution < -0.4 is 23.7 Å². The number of pyridine rings is 1. The van der Waals surface area contributed by atoms with Crippen LogP contribution in [0, 0.1) is 0 Å². The van der Waals surface area contributed by atoms with Gasteiger partial charge < -0.3 is 28.8 Å². The molecule has 0 fully saturated rings. The standard InChI is InChI=1S/C36H34N2O6/c1-38-14-12-23-18-30(41-3)32-20-26(23)28(38)16-21-5-8-25(9-6-21)43-31-17-22(7-10-29(31)40-2)15-27-34-24(11-13-37-27)19-33(42-4)35(39)36(34)44-32/h5-11,13,17-20,28,39H,12,14-16H2,1-4H3. The summed E-state index contributed by atoms with van der Waals surface area (Å²) in [4.78, 5) is 7.13. The van der Waals surface area contributed by atoms with Crippen LogP contribution in [0.3, 0.4) is 0 Å². The second-order valence-corrected chi connectivity index (χ2v) is 11.3. The van der Waals surface area contributed by atoms with Crippen molar-refractivity contribution in [2.24, 2.45) is 0 Å². The van der Waals surface area contributed by atoms with Crippen molar-refractivity contribution in [3.63, 3.8) is 0 Å². The number of aromatic nitrogens is 1. The van der Waals surface area contributed by atoms with Crippen LogP contribution in [-0.4, -0.2) is 49.9 Å². The Morgan fingerprint density at radius 2 is 1.57 bits per heavy atom. The molecular weight excluding hydrogens is 556 g/mol. The van der Waals surface area contributed by atoms with Gasteiger partial charge >= 0.3 is 0 Å². The summed E-state index contributed by atoms with van der Waals surface area (Å²) < 4.78 is 30.1. The summed E-state index contributed by atoms with van der Waals surface area (Å²) in [6.45, 7) is 0.925. The van der Waals surface area contributed by atoms with Crippen molar-refractivity contribution in [2.75, 3.05) is 34.9 Å². The average Bonchev–Trinajstić information content (AvgIpc) is 3.04. The highest BCUT2D eigenvalue weighted by Crippen LogP contribution is 2.49.